The van der Waals surface area contributed by atoms with Crippen LogP contribution in [0.25, 0.3) is 17.1 Å². The zero-order valence-corrected chi connectivity index (χ0v) is 16.5. The lowest BCUT2D eigenvalue weighted by Crippen LogP contribution is -2.05. The van der Waals surface area contributed by atoms with Gasteiger partial charge < -0.3 is 0 Å². The summed E-state index contributed by atoms with van der Waals surface area (Å²) in [5, 5.41) is 21.7. The Hall–Kier alpha value is -3.07. The van der Waals surface area contributed by atoms with Crippen LogP contribution < -0.4 is 0 Å². The Morgan fingerprint density at radius 2 is 1.75 bits per heavy atom. The first-order valence-electron chi connectivity index (χ1n) is 9.07. The van der Waals surface area contributed by atoms with E-state index in [-0.39, 0.29) is 0 Å². The van der Waals surface area contributed by atoms with Crippen LogP contribution >= 0.6 is 11.8 Å². The molecule has 8 nitrogen and oxygen atoms in total. The summed E-state index contributed by atoms with van der Waals surface area (Å²) in [6, 6.07) is 12.2. The second-order valence-electron chi connectivity index (χ2n) is 6.32. The zero-order chi connectivity index (χ0) is 19.3. The van der Waals surface area contributed by atoms with Gasteiger partial charge >= 0.3 is 0 Å². The first kappa shape index (κ1) is 18.3. The number of benzene rings is 1. The van der Waals surface area contributed by atoms with Crippen molar-refractivity contribution in [2.45, 2.75) is 37.7 Å². The van der Waals surface area contributed by atoms with Crippen LogP contribution in [0.2, 0.25) is 0 Å². The number of aromatic nitrogens is 8. The normalized spacial score (nSPS) is 11.1. The van der Waals surface area contributed by atoms with E-state index in [9.17, 15) is 0 Å². The number of nitrogens with zero attached hydrogens (tertiary/aromatic N) is 8. The molecule has 0 aliphatic rings. The summed E-state index contributed by atoms with van der Waals surface area (Å²) >= 11 is 1.57. The van der Waals surface area contributed by atoms with E-state index in [1.54, 1.807) is 24.2 Å². The Kier molecular flexibility index (Phi) is 5.43. The van der Waals surface area contributed by atoms with E-state index in [1.807, 2.05) is 16.8 Å². The van der Waals surface area contributed by atoms with Crippen molar-refractivity contribution in [1.29, 1.82) is 0 Å². The lowest BCUT2D eigenvalue weighted by atomic mass is 10.2. The molecule has 28 heavy (non-hydrogen) atoms. The monoisotopic (exact) mass is 392 g/mol. The summed E-state index contributed by atoms with van der Waals surface area (Å²) < 4.78 is 3.90. The Morgan fingerprint density at radius 1 is 0.964 bits per heavy atom. The molecule has 9 heteroatoms. The minimum atomic E-state index is 0.618. The number of hydrogen-bond acceptors (Lipinski definition) is 7. The highest BCUT2D eigenvalue weighted by molar-refractivity contribution is 7.98. The second-order valence-corrected chi connectivity index (χ2v) is 7.26. The highest BCUT2D eigenvalue weighted by Crippen LogP contribution is 2.29. The van der Waals surface area contributed by atoms with Crippen molar-refractivity contribution >= 4 is 11.8 Å². The van der Waals surface area contributed by atoms with Crippen molar-refractivity contribution < 1.29 is 0 Å². The molecule has 3 heterocycles. The summed E-state index contributed by atoms with van der Waals surface area (Å²) in [4.78, 5) is 4.10. The van der Waals surface area contributed by atoms with E-state index in [2.05, 4.69) is 73.4 Å². The third kappa shape index (κ3) is 3.79. The van der Waals surface area contributed by atoms with Crippen molar-refractivity contribution in [2.75, 3.05) is 0 Å². The molecule has 0 atom stereocenters. The lowest BCUT2D eigenvalue weighted by Gasteiger charge is -2.10. The molecule has 0 saturated heterocycles. The third-order valence-electron chi connectivity index (χ3n) is 4.24. The van der Waals surface area contributed by atoms with Crippen LogP contribution in [-0.4, -0.2) is 40.0 Å². The summed E-state index contributed by atoms with van der Waals surface area (Å²) in [5.41, 5.74) is 3.18. The van der Waals surface area contributed by atoms with Crippen LogP contribution in [0.1, 0.15) is 24.7 Å². The topological polar surface area (TPSA) is 87.2 Å². The molecule has 0 aliphatic heterocycles. The minimum absolute atomic E-state index is 0.618. The maximum atomic E-state index is 4.45. The van der Waals surface area contributed by atoms with E-state index >= 15 is 0 Å². The van der Waals surface area contributed by atoms with Gasteiger partial charge in [-0.2, -0.15) is 0 Å². The summed E-state index contributed by atoms with van der Waals surface area (Å²) in [6.45, 7) is 4.98. The van der Waals surface area contributed by atoms with Gasteiger partial charge in [0, 0.05) is 30.2 Å². The van der Waals surface area contributed by atoms with Crippen molar-refractivity contribution in [3.05, 3.63) is 60.2 Å². The number of pyridine rings is 1. The lowest BCUT2D eigenvalue weighted by molar-refractivity contribution is 0.564. The second kappa shape index (κ2) is 8.30. The summed E-state index contributed by atoms with van der Waals surface area (Å²) in [5.74, 6) is 2.23. The average Bonchev–Trinajstić information content (AvgIpc) is 3.35. The molecular formula is C19H20N8S. The molecule has 0 spiro atoms. The largest absolute Gasteiger partial charge is 0.270 e. The maximum Gasteiger partial charge on any atom is 0.196 e. The predicted molar refractivity (Wildman–Crippen MR) is 107 cm³/mol. The number of hydrogen-bond donors (Lipinski definition) is 0. The fraction of sp³-hybridized carbons (Fsp3) is 0.263. The van der Waals surface area contributed by atoms with Crippen LogP contribution in [0.15, 0.2) is 53.9 Å². The van der Waals surface area contributed by atoms with Crippen LogP contribution in [0.5, 0.6) is 0 Å². The van der Waals surface area contributed by atoms with Gasteiger partial charge in [0.05, 0.1) is 5.75 Å². The maximum absolute atomic E-state index is 4.45. The van der Waals surface area contributed by atoms with Gasteiger partial charge in [-0.25, -0.2) is 4.68 Å². The van der Waals surface area contributed by atoms with E-state index in [1.165, 1.54) is 5.56 Å². The molecule has 0 bridgehead atoms. The number of rotatable bonds is 7. The third-order valence-corrected chi connectivity index (χ3v) is 5.16. The molecule has 3 aromatic heterocycles. The molecule has 142 valence electrons. The van der Waals surface area contributed by atoms with E-state index in [4.69, 9.17) is 0 Å². The van der Waals surface area contributed by atoms with E-state index in [0.717, 1.165) is 41.0 Å². The predicted octanol–water partition coefficient (Wildman–Crippen LogP) is 3.33. The summed E-state index contributed by atoms with van der Waals surface area (Å²) in [7, 11) is 0. The molecular weight excluding hydrogens is 372 g/mol. The Morgan fingerprint density at radius 3 is 2.50 bits per heavy atom. The number of aryl methyl sites for hydroxylation is 2. The highest BCUT2D eigenvalue weighted by atomic mass is 32.2. The van der Waals surface area contributed by atoms with Gasteiger partial charge in [-0.3, -0.25) is 9.55 Å². The Bertz CT molecular complexity index is 1040. The van der Waals surface area contributed by atoms with Gasteiger partial charge in [-0.1, -0.05) is 36.4 Å². The highest BCUT2D eigenvalue weighted by Gasteiger charge is 2.17. The van der Waals surface area contributed by atoms with Gasteiger partial charge in [-0.15, -0.1) is 15.3 Å². The quantitative estimate of drug-likeness (QED) is 0.446. The first-order chi connectivity index (χ1) is 13.8. The van der Waals surface area contributed by atoms with Crippen LogP contribution in [0, 0.1) is 6.92 Å². The van der Waals surface area contributed by atoms with E-state index < -0.39 is 0 Å². The van der Waals surface area contributed by atoms with Gasteiger partial charge in [0.2, 0.25) is 0 Å². The molecule has 4 rings (SSSR count). The SMILES string of the molecule is CCCn1nnnc1CSc1nnc(-c2ccncc2)n1-c1ccc(C)cc1. The molecule has 0 amide bonds. The molecule has 0 N–H and O–H groups in total. The molecule has 0 aliphatic carbocycles. The Labute approximate surface area is 167 Å². The zero-order valence-electron chi connectivity index (χ0n) is 15.7. The average molecular weight is 392 g/mol. The smallest absolute Gasteiger partial charge is 0.196 e. The standard InChI is InChI=1S/C19H20N8S/c1-3-12-26-17(21-24-25-26)13-28-19-23-22-18(15-8-10-20-11-9-15)27(19)16-6-4-14(2)5-7-16/h4-11H,3,12-13H2,1-2H3. The van der Waals surface area contributed by atoms with Crippen molar-refractivity contribution in [2.24, 2.45) is 0 Å². The van der Waals surface area contributed by atoms with Crippen molar-refractivity contribution in [3.63, 3.8) is 0 Å². The fourth-order valence-electron chi connectivity index (χ4n) is 2.82. The van der Waals surface area contributed by atoms with Crippen LogP contribution in [0.4, 0.5) is 0 Å². The van der Waals surface area contributed by atoms with Crippen molar-refractivity contribution in [3.8, 4) is 17.1 Å². The fourth-order valence-corrected chi connectivity index (χ4v) is 3.70. The van der Waals surface area contributed by atoms with Gasteiger partial charge in [0.15, 0.2) is 16.8 Å². The van der Waals surface area contributed by atoms with E-state index in [0.29, 0.717) is 5.75 Å². The van der Waals surface area contributed by atoms with Gasteiger partial charge in [0.1, 0.15) is 0 Å². The van der Waals surface area contributed by atoms with Gasteiger partial charge in [-0.05, 0) is 48.0 Å². The Balaban J connectivity index is 1.70. The molecule has 4 aromatic rings. The molecule has 1 aromatic carbocycles. The summed E-state index contributed by atoms with van der Waals surface area (Å²) in [6.07, 6.45) is 4.50. The molecule has 0 fully saturated rings. The number of tetrazole rings is 1. The molecule has 0 radical (unpaired) electrons. The molecule has 0 unspecified atom stereocenters. The first-order valence-corrected chi connectivity index (χ1v) is 10.1. The molecule has 0 saturated carbocycles. The van der Waals surface area contributed by atoms with Crippen LogP contribution in [0.3, 0.4) is 0 Å². The van der Waals surface area contributed by atoms with Gasteiger partial charge in [0.25, 0.3) is 0 Å². The number of thioether (sulfide) groups is 1. The van der Waals surface area contributed by atoms with Crippen LogP contribution in [-0.2, 0) is 12.3 Å². The van der Waals surface area contributed by atoms with Crippen molar-refractivity contribution in [1.82, 2.24) is 40.0 Å². The minimum Gasteiger partial charge on any atom is -0.270 e.